The largest absolute Gasteiger partial charge is 0.462 e. The molecule has 3 N–H and O–H groups in total. The Bertz CT molecular complexity index is 1170. The molecule has 0 saturated carbocycles. The van der Waals surface area contributed by atoms with Gasteiger partial charge < -0.3 is 10.5 Å². The van der Waals surface area contributed by atoms with Crippen LogP contribution in [-0.4, -0.2) is 25.5 Å². The van der Waals surface area contributed by atoms with Crippen LogP contribution in [0.25, 0.3) is 10.8 Å². The number of hydrogen-bond donors (Lipinski definition) is 2. The number of nitrogens with zero attached hydrogens (tertiary/aromatic N) is 2. The van der Waals surface area contributed by atoms with Crippen molar-refractivity contribution < 1.29 is 22.5 Å². The minimum Gasteiger partial charge on any atom is -0.462 e. The molecule has 144 valence electrons. The van der Waals surface area contributed by atoms with E-state index >= 15 is 0 Å². The maximum Gasteiger partial charge on any atom is 0.338 e. The molecule has 0 spiro atoms. The summed E-state index contributed by atoms with van der Waals surface area (Å²) in [5.41, 5.74) is 7.23. The molecule has 0 aromatic heterocycles. The van der Waals surface area contributed by atoms with E-state index in [9.17, 15) is 17.8 Å². The maximum absolute atomic E-state index is 11.7. The molecule has 0 amide bonds. The molecule has 0 heterocycles. The number of esters is 1. The molecule has 3 rings (SSSR count). The number of ether oxygens (including phenoxy) is 1. The van der Waals surface area contributed by atoms with Gasteiger partial charge in [-0.1, -0.05) is 24.3 Å². The van der Waals surface area contributed by atoms with E-state index in [-0.39, 0.29) is 22.9 Å². The van der Waals surface area contributed by atoms with Crippen molar-refractivity contribution in [3.8, 4) is 0 Å². The van der Waals surface area contributed by atoms with Gasteiger partial charge in [-0.25, -0.2) is 4.79 Å². The maximum atomic E-state index is 11.7. The first kappa shape index (κ1) is 19.5. The summed E-state index contributed by atoms with van der Waals surface area (Å²) in [6, 6.07) is 13.9. The predicted octanol–water partition coefficient (Wildman–Crippen LogP) is 4.26. The molecule has 0 aliphatic carbocycles. The van der Waals surface area contributed by atoms with E-state index in [1.54, 1.807) is 55.5 Å². The Balaban J connectivity index is 2.00. The number of carbonyl (C=O) groups is 1. The van der Waals surface area contributed by atoms with Gasteiger partial charge in [0, 0.05) is 10.8 Å². The van der Waals surface area contributed by atoms with Gasteiger partial charge >= 0.3 is 5.97 Å². The van der Waals surface area contributed by atoms with Crippen LogP contribution in [0.2, 0.25) is 0 Å². The summed E-state index contributed by atoms with van der Waals surface area (Å²) in [6.45, 7) is 1.99. The smallest absolute Gasteiger partial charge is 0.338 e. The molecule has 0 saturated heterocycles. The zero-order valence-electron chi connectivity index (χ0n) is 14.9. The van der Waals surface area contributed by atoms with Crippen LogP contribution >= 0.6 is 0 Å². The van der Waals surface area contributed by atoms with E-state index in [0.717, 1.165) is 0 Å². The molecule has 0 aliphatic rings. The molecule has 0 bridgehead atoms. The number of benzene rings is 3. The summed E-state index contributed by atoms with van der Waals surface area (Å²) < 4.78 is 37.9. The Kier molecular flexibility index (Phi) is 5.39. The molecular formula is C19H17N3O5S. The molecule has 0 atom stereocenters. The van der Waals surface area contributed by atoms with Gasteiger partial charge in [0.25, 0.3) is 10.1 Å². The van der Waals surface area contributed by atoms with Crippen LogP contribution in [0.3, 0.4) is 0 Å². The zero-order valence-corrected chi connectivity index (χ0v) is 15.7. The second-order valence-electron chi connectivity index (χ2n) is 5.80. The molecule has 0 unspecified atom stereocenters. The van der Waals surface area contributed by atoms with Gasteiger partial charge in [0.15, 0.2) is 0 Å². The molecule has 8 nitrogen and oxygen atoms in total. The molecule has 28 heavy (non-hydrogen) atoms. The second-order valence-corrected chi connectivity index (χ2v) is 7.19. The van der Waals surface area contributed by atoms with Crippen molar-refractivity contribution in [3.63, 3.8) is 0 Å². The minimum absolute atomic E-state index is 0.0980. The van der Waals surface area contributed by atoms with E-state index in [0.29, 0.717) is 22.0 Å². The van der Waals surface area contributed by atoms with Crippen LogP contribution in [0.5, 0.6) is 0 Å². The van der Waals surface area contributed by atoms with Gasteiger partial charge in [-0.2, -0.15) is 13.5 Å². The zero-order chi connectivity index (χ0) is 20.3. The third-order valence-electron chi connectivity index (χ3n) is 3.96. The highest BCUT2D eigenvalue weighted by atomic mass is 32.2. The van der Waals surface area contributed by atoms with Crippen molar-refractivity contribution in [3.05, 3.63) is 60.2 Å². The van der Waals surface area contributed by atoms with Gasteiger partial charge in [0.05, 0.1) is 23.5 Å². The Hall–Kier alpha value is -3.30. The monoisotopic (exact) mass is 399 g/mol. The lowest BCUT2D eigenvalue weighted by atomic mass is 10.1. The predicted molar refractivity (Wildman–Crippen MR) is 105 cm³/mol. The van der Waals surface area contributed by atoms with Crippen molar-refractivity contribution in [1.82, 2.24) is 0 Å². The summed E-state index contributed by atoms with van der Waals surface area (Å²) in [7, 11) is -4.48. The molecule has 0 radical (unpaired) electrons. The number of nitrogen functional groups attached to an aromatic ring is 1. The third kappa shape index (κ3) is 4.00. The van der Waals surface area contributed by atoms with Crippen LogP contribution in [0.1, 0.15) is 17.3 Å². The first-order valence-electron chi connectivity index (χ1n) is 8.29. The van der Waals surface area contributed by atoms with Gasteiger partial charge in [0.2, 0.25) is 0 Å². The lowest BCUT2D eigenvalue weighted by Crippen LogP contribution is -2.03. The molecule has 9 heteroatoms. The van der Waals surface area contributed by atoms with E-state index in [1.165, 1.54) is 6.07 Å². The first-order chi connectivity index (χ1) is 13.3. The number of azo groups is 1. The summed E-state index contributed by atoms with van der Waals surface area (Å²) in [5.74, 6) is -0.442. The van der Waals surface area contributed by atoms with E-state index in [4.69, 9.17) is 10.5 Å². The highest BCUT2D eigenvalue weighted by Crippen LogP contribution is 2.36. The van der Waals surface area contributed by atoms with Gasteiger partial charge in [-0.05, 0) is 37.3 Å². The van der Waals surface area contributed by atoms with Crippen molar-refractivity contribution in [2.24, 2.45) is 10.2 Å². The molecule has 0 aliphatic heterocycles. The van der Waals surface area contributed by atoms with Crippen LogP contribution in [-0.2, 0) is 14.9 Å². The van der Waals surface area contributed by atoms with Crippen molar-refractivity contribution in [1.29, 1.82) is 0 Å². The SMILES string of the molecule is CCOC(=O)c1ccc(N=Nc2cc(S(=O)(=O)O)c3ccccc3c2N)cc1. The van der Waals surface area contributed by atoms with Crippen LogP contribution in [0, 0.1) is 0 Å². The third-order valence-corrected chi connectivity index (χ3v) is 4.85. The summed E-state index contributed by atoms with van der Waals surface area (Å²) >= 11 is 0. The highest BCUT2D eigenvalue weighted by Gasteiger charge is 2.18. The fourth-order valence-electron chi connectivity index (χ4n) is 2.64. The van der Waals surface area contributed by atoms with Gasteiger partial charge in [-0.15, -0.1) is 5.11 Å². The lowest BCUT2D eigenvalue weighted by molar-refractivity contribution is 0.0526. The second kappa shape index (κ2) is 7.75. The fraction of sp³-hybridized carbons (Fsp3) is 0.105. The summed E-state index contributed by atoms with van der Waals surface area (Å²) in [4.78, 5) is 11.4. The molecule has 0 fully saturated rings. The molecule has 3 aromatic rings. The van der Waals surface area contributed by atoms with Crippen LogP contribution in [0.15, 0.2) is 69.7 Å². The first-order valence-corrected chi connectivity index (χ1v) is 9.73. The topological polar surface area (TPSA) is 131 Å². The average molecular weight is 399 g/mol. The summed E-state index contributed by atoms with van der Waals surface area (Å²) in [6.07, 6.45) is 0. The van der Waals surface area contributed by atoms with E-state index in [1.807, 2.05) is 0 Å². The lowest BCUT2D eigenvalue weighted by Gasteiger charge is -2.09. The Morgan fingerprint density at radius 3 is 2.32 bits per heavy atom. The number of carbonyl (C=O) groups excluding carboxylic acids is 1. The molecular weight excluding hydrogens is 382 g/mol. The average Bonchev–Trinajstić information content (AvgIpc) is 2.67. The highest BCUT2D eigenvalue weighted by molar-refractivity contribution is 7.86. The Morgan fingerprint density at radius 1 is 1.07 bits per heavy atom. The number of fused-ring (bicyclic) bond motifs is 1. The molecule has 3 aromatic carbocycles. The fourth-order valence-corrected chi connectivity index (χ4v) is 3.35. The number of nitrogens with two attached hydrogens (primary N) is 1. The van der Waals surface area contributed by atoms with Crippen molar-refractivity contribution in [2.45, 2.75) is 11.8 Å². The number of anilines is 1. The summed E-state index contributed by atoms with van der Waals surface area (Å²) in [5, 5.41) is 8.78. The van der Waals surface area contributed by atoms with E-state index < -0.39 is 16.1 Å². The Morgan fingerprint density at radius 2 is 1.71 bits per heavy atom. The van der Waals surface area contributed by atoms with Gasteiger partial charge in [0.1, 0.15) is 10.6 Å². The van der Waals surface area contributed by atoms with E-state index in [2.05, 4.69) is 10.2 Å². The van der Waals surface area contributed by atoms with Crippen molar-refractivity contribution >= 4 is 43.9 Å². The quantitative estimate of drug-likeness (QED) is 0.285. The van der Waals surface area contributed by atoms with Crippen molar-refractivity contribution in [2.75, 3.05) is 12.3 Å². The Labute approximate surface area is 161 Å². The standard InChI is InChI=1S/C19H17N3O5S/c1-2-27-19(23)12-7-9-13(10-8-12)21-22-16-11-17(28(24,25)26)14-5-3-4-6-15(14)18(16)20/h3-11H,2,20H2,1H3,(H,24,25,26). The number of hydrogen-bond acceptors (Lipinski definition) is 7. The normalized spacial score (nSPS) is 11.8. The number of rotatable bonds is 5. The minimum atomic E-state index is -4.48. The van der Waals surface area contributed by atoms with Crippen LogP contribution in [0.4, 0.5) is 17.1 Å². The van der Waals surface area contributed by atoms with Crippen LogP contribution < -0.4 is 5.73 Å². The van der Waals surface area contributed by atoms with Gasteiger partial charge in [-0.3, -0.25) is 4.55 Å².